The molecule has 0 spiro atoms. The van der Waals surface area contributed by atoms with Crippen molar-refractivity contribution in [3.8, 4) is 0 Å². The first-order chi connectivity index (χ1) is 19.0. The van der Waals surface area contributed by atoms with E-state index in [1.165, 1.54) is 17.5 Å². The summed E-state index contributed by atoms with van der Waals surface area (Å²) in [6.07, 6.45) is 8.30. The fourth-order valence-corrected chi connectivity index (χ4v) is 6.35. The maximum Gasteiger partial charge on any atom is 0.304 e. The van der Waals surface area contributed by atoms with Crippen LogP contribution in [0.25, 0.3) is 11.0 Å². The molecule has 0 saturated carbocycles. The molecule has 6 heterocycles. The predicted octanol–water partition coefficient (Wildman–Crippen LogP) is 6.27. The number of aromatic nitrogens is 2. The summed E-state index contributed by atoms with van der Waals surface area (Å²) in [5.74, 6) is -1.07. The minimum atomic E-state index is -0.829. The van der Waals surface area contributed by atoms with E-state index in [2.05, 4.69) is 54.0 Å². The predicted molar refractivity (Wildman–Crippen MR) is 152 cm³/mol. The SMILES string of the molecule is Cc1c2ccc3c1ncn3CCCCCCc1ccc(cc1)C(=O)N1CCc3ccc(cc3C1)[C@@H]2CC(=O)O. The Hall–Kier alpha value is -3.93. The molecule has 0 fully saturated rings. The number of rotatable bonds is 2. The van der Waals surface area contributed by atoms with E-state index in [4.69, 9.17) is 4.98 Å². The van der Waals surface area contributed by atoms with Gasteiger partial charge in [-0.25, -0.2) is 4.98 Å². The molecule has 5 aliphatic heterocycles. The average molecular weight is 522 g/mol. The second-order valence-electron chi connectivity index (χ2n) is 11.1. The Morgan fingerprint density at radius 1 is 0.949 bits per heavy atom. The first kappa shape index (κ1) is 25.4. The van der Waals surface area contributed by atoms with Crippen molar-refractivity contribution in [3.05, 3.63) is 99.9 Å². The van der Waals surface area contributed by atoms with Crippen LogP contribution in [0.5, 0.6) is 0 Å². The van der Waals surface area contributed by atoms with E-state index in [-0.39, 0.29) is 18.2 Å². The van der Waals surface area contributed by atoms with Gasteiger partial charge in [-0.05, 0) is 84.2 Å². The Morgan fingerprint density at radius 3 is 2.59 bits per heavy atom. The van der Waals surface area contributed by atoms with Crippen LogP contribution in [0.1, 0.15) is 81.8 Å². The van der Waals surface area contributed by atoms with Crippen LogP contribution in [-0.2, 0) is 30.7 Å². The first-order valence-corrected chi connectivity index (χ1v) is 14.1. The molecule has 6 heteroatoms. The maximum absolute atomic E-state index is 13.4. The molecule has 0 saturated heterocycles. The third-order valence-corrected chi connectivity index (χ3v) is 8.59. The van der Waals surface area contributed by atoms with Gasteiger partial charge in [0.25, 0.3) is 5.91 Å². The third kappa shape index (κ3) is 5.08. The Bertz CT molecular complexity index is 1540. The highest BCUT2D eigenvalue weighted by Crippen LogP contribution is 2.35. The van der Waals surface area contributed by atoms with Gasteiger partial charge in [-0.2, -0.15) is 0 Å². The van der Waals surface area contributed by atoms with Gasteiger partial charge < -0.3 is 14.6 Å². The van der Waals surface area contributed by atoms with Crippen molar-refractivity contribution in [2.75, 3.05) is 6.54 Å². The molecule has 9 rings (SSSR count). The quantitative estimate of drug-likeness (QED) is 0.338. The van der Waals surface area contributed by atoms with Crippen LogP contribution in [0.3, 0.4) is 0 Å². The van der Waals surface area contributed by atoms with Gasteiger partial charge in [0.2, 0.25) is 0 Å². The molecule has 6 nitrogen and oxygen atoms in total. The number of benzene rings is 3. The lowest BCUT2D eigenvalue weighted by Crippen LogP contribution is -2.36. The molecule has 200 valence electrons. The number of nitrogens with zero attached hydrogens (tertiary/aromatic N) is 3. The molecule has 5 aliphatic rings. The minimum absolute atomic E-state index is 0.000829. The summed E-state index contributed by atoms with van der Waals surface area (Å²) in [5, 5.41) is 9.87. The van der Waals surface area contributed by atoms with E-state index in [0.717, 1.165) is 77.5 Å². The lowest BCUT2D eigenvalue weighted by molar-refractivity contribution is -0.137. The smallest absolute Gasteiger partial charge is 0.304 e. The zero-order valence-electron chi connectivity index (χ0n) is 22.5. The average Bonchev–Trinajstić information content (AvgIpc) is 3.36. The largest absolute Gasteiger partial charge is 0.481 e. The highest BCUT2D eigenvalue weighted by Gasteiger charge is 2.26. The fourth-order valence-electron chi connectivity index (χ4n) is 6.35. The van der Waals surface area contributed by atoms with Crippen LogP contribution < -0.4 is 0 Å². The Labute approximate surface area is 229 Å². The molecule has 1 N–H and O–H groups in total. The number of hydrogen-bond donors (Lipinski definition) is 1. The molecular weight excluding hydrogens is 486 g/mol. The molecule has 1 aromatic heterocycles. The molecule has 0 unspecified atom stereocenters. The van der Waals surface area contributed by atoms with Gasteiger partial charge in [0.1, 0.15) is 0 Å². The van der Waals surface area contributed by atoms with Gasteiger partial charge in [-0.15, -0.1) is 0 Å². The van der Waals surface area contributed by atoms with Crippen molar-refractivity contribution < 1.29 is 14.7 Å². The second kappa shape index (κ2) is 10.7. The Morgan fingerprint density at radius 2 is 1.77 bits per heavy atom. The number of aliphatic carboxylic acids is 1. The van der Waals surface area contributed by atoms with E-state index >= 15 is 0 Å². The van der Waals surface area contributed by atoms with Gasteiger partial charge in [0, 0.05) is 31.1 Å². The number of carboxylic acid groups (broad SMARTS) is 1. The summed E-state index contributed by atoms with van der Waals surface area (Å²) in [6.45, 7) is 4.20. The lowest BCUT2D eigenvalue weighted by Gasteiger charge is -2.30. The van der Waals surface area contributed by atoms with Gasteiger partial charge in [0.15, 0.2) is 0 Å². The standard InChI is InChI=1S/C33H35N3O3/c1-22-28-13-14-30-32(22)34-21-36(30)16-5-3-2-4-6-23-7-9-25(10-8-23)33(39)35-17-15-24-11-12-26(18-27(24)20-35)29(28)19-31(37)38/h7-14,18,21,29H,2-6,15-17,19-20H2,1H3,(H,37,38)/t29-/m0/s1. The molecule has 1 amide bonds. The van der Waals surface area contributed by atoms with Gasteiger partial charge in [-0.3, -0.25) is 9.59 Å². The second-order valence-corrected chi connectivity index (χ2v) is 11.1. The van der Waals surface area contributed by atoms with Crippen LogP contribution >= 0.6 is 0 Å². The number of carbonyl (C=O) groups excluding carboxylic acids is 1. The van der Waals surface area contributed by atoms with Crippen molar-refractivity contribution in [1.82, 2.24) is 14.5 Å². The zero-order valence-corrected chi connectivity index (χ0v) is 22.5. The summed E-state index contributed by atoms with van der Waals surface area (Å²) in [4.78, 5) is 32.1. The minimum Gasteiger partial charge on any atom is -0.481 e. The van der Waals surface area contributed by atoms with Gasteiger partial charge in [0.05, 0.1) is 23.8 Å². The normalized spacial score (nSPS) is 18.0. The molecule has 4 aromatic rings. The van der Waals surface area contributed by atoms with E-state index in [9.17, 15) is 14.7 Å². The lowest BCUT2D eigenvalue weighted by atomic mass is 9.83. The maximum atomic E-state index is 13.4. The topological polar surface area (TPSA) is 75.4 Å². The highest BCUT2D eigenvalue weighted by atomic mass is 16.4. The van der Waals surface area contributed by atoms with Crippen molar-refractivity contribution >= 4 is 22.9 Å². The summed E-state index contributed by atoms with van der Waals surface area (Å²) in [5.41, 5.74) is 9.40. The summed E-state index contributed by atoms with van der Waals surface area (Å²) in [6, 6.07) is 18.6. The van der Waals surface area contributed by atoms with E-state index in [1.54, 1.807) is 0 Å². The van der Waals surface area contributed by atoms with E-state index < -0.39 is 5.97 Å². The van der Waals surface area contributed by atoms with Crippen LogP contribution in [0.4, 0.5) is 0 Å². The monoisotopic (exact) mass is 521 g/mol. The number of hydrogen-bond acceptors (Lipinski definition) is 3. The highest BCUT2D eigenvalue weighted by molar-refractivity contribution is 5.94. The molecular formula is C33H35N3O3. The molecule has 39 heavy (non-hydrogen) atoms. The zero-order chi connectivity index (χ0) is 26.9. The molecule has 0 aliphatic carbocycles. The first-order valence-electron chi connectivity index (χ1n) is 14.1. The number of carbonyl (C=O) groups is 2. The van der Waals surface area contributed by atoms with Crippen molar-refractivity contribution in [2.45, 2.75) is 70.9 Å². The molecule has 1 atom stereocenters. The summed E-state index contributed by atoms with van der Waals surface area (Å²) < 4.78 is 2.23. The van der Waals surface area contributed by atoms with Crippen LogP contribution in [-0.4, -0.2) is 38.0 Å². The number of aryl methyl sites for hydroxylation is 3. The third-order valence-electron chi connectivity index (χ3n) is 8.59. The van der Waals surface area contributed by atoms with E-state index in [1.807, 2.05) is 23.4 Å². The molecule has 3 aromatic carbocycles. The molecule has 0 radical (unpaired) electrons. The number of carboxylic acids is 1. The number of amides is 1. The summed E-state index contributed by atoms with van der Waals surface area (Å²) in [7, 11) is 0. The Balaban J connectivity index is 1.41. The van der Waals surface area contributed by atoms with Crippen molar-refractivity contribution in [1.29, 1.82) is 0 Å². The Kier molecular flexibility index (Phi) is 6.94. The summed E-state index contributed by atoms with van der Waals surface area (Å²) >= 11 is 0. The van der Waals surface area contributed by atoms with Gasteiger partial charge >= 0.3 is 5.97 Å². The van der Waals surface area contributed by atoms with Crippen LogP contribution in [0.2, 0.25) is 0 Å². The van der Waals surface area contributed by atoms with E-state index in [0.29, 0.717) is 13.1 Å². The van der Waals surface area contributed by atoms with Crippen LogP contribution in [0.15, 0.2) is 60.9 Å². The number of imidazole rings is 1. The van der Waals surface area contributed by atoms with Gasteiger partial charge in [-0.1, -0.05) is 49.2 Å². The van der Waals surface area contributed by atoms with Crippen molar-refractivity contribution in [2.24, 2.45) is 0 Å². The molecule has 9 bridgehead atoms. The fraction of sp³-hybridized carbons (Fsp3) is 0.364. The van der Waals surface area contributed by atoms with Crippen LogP contribution in [0, 0.1) is 6.92 Å². The van der Waals surface area contributed by atoms with Crippen molar-refractivity contribution in [3.63, 3.8) is 0 Å².